The normalized spacial score (nSPS) is 13.1. The van der Waals surface area contributed by atoms with Crippen molar-refractivity contribution in [1.82, 2.24) is 10.6 Å². The monoisotopic (exact) mass is 550 g/mol. The van der Waals surface area contributed by atoms with Gasteiger partial charge in [0.15, 0.2) is 5.96 Å². The highest BCUT2D eigenvalue weighted by molar-refractivity contribution is 14.0. The maximum absolute atomic E-state index is 5.93. The van der Waals surface area contributed by atoms with E-state index in [1.807, 2.05) is 6.92 Å². The molecule has 32 heavy (non-hydrogen) atoms. The van der Waals surface area contributed by atoms with Crippen LogP contribution in [0.4, 0.5) is 5.69 Å². The van der Waals surface area contributed by atoms with Crippen LogP contribution in [-0.2, 0) is 17.8 Å². The van der Waals surface area contributed by atoms with Crippen LogP contribution < -0.4 is 20.3 Å². The molecule has 0 aliphatic carbocycles. The van der Waals surface area contributed by atoms with E-state index in [4.69, 9.17) is 9.47 Å². The topological polar surface area (TPSA) is 58.1 Å². The Morgan fingerprint density at radius 3 is 2.41 bits per heavy atom. The summed E-state index contributed by atoms with van der Waals surface area (Å²) in [6, 6.07) is 14.9. The number of benzene rings is 2. The molecule has 2 aromatic rings. The molecule has 0 bridgehead atoms. The zero-order valence-electron chi connectivity index (χ0n) is 19.3. The largest absolute Gasteiger partial charge is 0.491 e. The highest BCUT2D eigenvalue weighted by atomic mass is 127. The second-order valence-electron chi connectivity index (χ2n) is 7.48. The number of nitrogens with zero attached hydrogens (tertiary/aromatic N) is 2. The number of guanidine groups is 1. The van der Waals surface area contributed by atoms with Gasteiger partial charge in [0.05, 0.1) is 6.61 Å². The van der Waals surface area contributed by atoms with E-state index in [0.29, 0.717) is 32.9 Å². The van der Waals surface area contributed by atoms with Gasteiger partial charge in [-0.1, -0.05) is 36.4 Å². The van der Waals surface area contributed by atoms with Gasteiger partial charge < -0.3 is 25.0 Å². The Labute approximate surface area is 209 Å². The van der Waals surface area contributed by atoms with Gasteiger partial charge >= 0.3 is 0 Å². The number of aryl methyl sites for hydroxylation is 1. The summed E-state index contributed by atoms with van der Waals surface area (Å²) in [4.78, 5) is 6.69. The first-order valence-corrected chi connectivity index (χ1v) is 10.9. The minimum atomic E-state index is 0. The van der Waals surface area contributed by atoms with E-state index in [0.717, 1.165) is 30.4 Å². The van der Waals surface area contributed by atoms with Crippen LogP contribution in [0.1, 0.15) is 23.6 Å². The predicted octanol–water partition coefficient (Wildman–Crippen LogP) is 4.27. The van der Waals surface area contributed by atoms with Crippen LogP contribution in [0.3, 0.4) is 0 Å². The van der Waals surface area contributed by atoms with Gasteiger partial charge in [-0.3, -0.25) is 4.99 Å². The third-order valence-corrected chi connectivity index (χ3v) is 5.16. The summed E-state index contributed by atoms with van der Waals surface area (Å²) in [5.74, 6) is 1.64. The Kier molecular flexibility index (Phi) is 11.4. The zero-order chi connectivity index (χ0) is 21.9. The number of ether oxygens (including phenoxy) is 2. The van der Waals surface area contributed by atoms with E-state index in [2.05, 4.69) is 82.1 Å². The molecule has 0 amide bonds. The summed E-state index contributed by atoms with van der Waals surface area (Å²) in [5, 5.41) is 6.77. The molecule has 6 nitrogen and oxygen atoms in total. The lowest BCUT2D eigenvalue weighted by atomic mass is 10.1. The first kappa shape index (κ1) is 26.0. The van der Waals surface area contributed by atoms with Crippen molar-refractivity contribution in [2.45, 2.75) is 26.9 Å². The van der Waals surface area contributed by atoms with E-state index in [1.54, 1.807) is 7.05 Å². The van der Waals surface area contributed by atoms with Crippen LogP contribution in [0, 0.1) is 6.92 Å². The summed E-state index contributed by atoms with van der Waals surface area (Å²) in [5.41, 5.74) is 4.74. The maximum atomic E-state index is 5.93. The van der Waals surface area contributed by atoms with Crippen molar-refractivity contribution in [1.29, 1.82) is 0 Å². The lowest BCUT2D eigenvalue weighted by molar-refractivity contribution is 0.110. The minimum Gasteiger partial charge on any atom is -0.491 e. The van der Waals surface area contributed by atoms with E-state index in [-0.39, 0.29) is 24.0 Å². The van der Waals surface area contributed by atoms with Crippen LogP contribution in [0.15, 0.2) is 59.6 Å². The number of anilines is 1. The first-order chi connectivity index (χ1) is 15.2. The first-order valence-electron chi connectivity index (χ1n) is 10.9. The Bertz CT molecular complexity index is 876. The van der Waals surface area contributed by atoms with Crippen molar-refractivity contribution >= 4 is 35.6 Å². The van der Waals surface area contributed by atoms with Crippen LogP contribution in [0.5, 0.6) is 5.75 Å². The Morgan fingerprint density at radius 2 is 1.72 bits per heavy atom. The molecule has 1 heterocycles. The highest BCUT2D eigenvalue weighted by Crippen LogP contribution is 2.20. The fourth-order valence-corrected chi connectivity index (χ4v) is 3.40. The minimum absolute atomic E-state index is 0. The lowest BCUT2D eigenvalue weighted by Gasteiger charge is -2.18. The third kappa shape index (κ3) is 8.02. The van der Waals surface area contributed by atoms with Crippen LogP contribution in [-0.4, -0.2) is 45.9 Å². The molecular weight excluding hydrogens is 515 g/mol. The molecule has 7 heteroatoms. The molecule has 0 unspecified atom stereocenters. The molecule has 0 spiro atoms. The molecule has 0 fully saturated rings. The van der Waals surface area contributed by atoms with Gasteiger partial charge in [-0.2, -0.15) is 0 Å². The average Bonchev–Trinajstić information content (AvgIpc) is 3.33. The average molecular weight is 550 g/mol. The molecule has 1 aliphatic rings. The van der Waals surface area contributed by atoms with Gasteiger partial charge in [-0.15, -0.1) is 24.0 Å². The summed E-state index contributed by atoms with van der Waals surface area (Å²) in [6.07, 6.45) is 4.41. The van der Waals surface area contributed by atoms with E-state index in [9.17, 15) is 0 Å². The second-order valence-corrected chi connectivity index (χ2v) is 7.48. The van der Waals surface area contributed by atoms with E-state index < -0.39 is 0 Å². The number of hydrogen-bond acceptors (Lipinski definition) is 4. The molecule has 0 aromatic heterocycles. The predicted molar refractivity (Wildman–Crippen MR) is 143 cm³/mol. The Hall–Kier alpha value is -2.26. The van der Waals surface area contributed by atoms with Crippen molar-refractivity contribution in [2.75, 3.05) is 44.9 Å². The number of aliphatic imine (C=N–C) groups is 1. The summed E-state index contributed by atoms with van der Waals surface area (Å²) < 4.78 is 11.3. The molecule has 1 aliphatic heterocycles. The van der Waals surface area contributed by atoms with Gasteiger partial charge in [-0.05, 0) is 43.2 Å². The number of halogens is 1. The SMILES string of the molecule is CCOCCOc1cc(C)ccc1CNC(=NC)NCc1ccc(N2CC=CC2)cc1.I. The number of rotatable bonds is 10. The molecule has 2 N–H and O–H groups in total. The quantitative estimate of drug-likeness (QED) is 0.152. The van der Waals surface area contributed by atoms with Crippen molar-refractivity contribution in [3.8, 4) is 5.75 Å². The fraction of sp³-hybridized carbons (Fsp3) is 0.400. The lowest BCUT2D eigenvalue weighted by Crippen LogP contribution is -2.36. The highest BCUT2D eigenvalue weighted by Gasteiger charge is 2.08. The van der Waals surface area contributed by atoms with E-state index in [1.165, 1.54) is 16.8 Å². The Morgan fingerprint density at radius 1 is 1.00 bits per heavy atom. The summed E-state index contributed by atoms with van der Waals surface area (Å²) in [6.45, 7) is 9.21. The molecule has 0 atom stereocenters. The standard InChI is InChI=1S/C25H34N4O2.HI/c1-4-30-15-16-31-24-17-20(2)7-10-22(24)19-28-25(26-3)27-18-21-8-11-23(12-9-21)29-13-5-6-14-29;/h5-12,17H,4,13-16,18-19H2,1-3H3,(H2,26,27,28);1H. The Balaban J connectivity index is 0.00000363. The van der Waals surface area contributed by atoms with Gasteiger partial charge in [0.2, 0.25) is 0 Å². The van der Waals surface area contributed by atoms with Gasteiger partial charge in [0.1, 0.15) is 12.4 Å². The summed E-state index contributed by atoms with van der Waals surface area (Å²) >= 11 is 0. The smallest absolute Gasteiger partial charge is 0.191 e. The number of hydrogen-bond donors (Lipinski definition) is 2. The van der Waals surface area contributed by atoms with Gasteiger partial charge in [-0.25, -0.2) is 0 Å². The van der Waals surface area contributed by atoms with Crippen molar-refractivity contribution in [2.24, 2.45) is 4.99 Å². The fourth-order valence-electron chi connectivity index (χ4n) is 3.40. The van der Waals surface area contributed by atoms with Gasteiger partial charge in [0.25, 0.3) is 0 Å². The van der Waals surface area contributed by atoms with Crippen LogP contribution in [0.2, 0.25) is 0 Å². The molecular formula is C25H35IN4O2. The third-order valence-electron chi connectivity index (χ3n) is 5.16. The van der Waals surface area contributed by atoms with Gasteiger partial charge in [0, 0.05) is 51.1 Å². The van der Waals surface area contributed by atoms with Crippen molar-refractivity contribution in [3.05, 3.63) is 71.3 Å². The molecule has 0 radical (unpaired) electrons. The van der Waals surface area contributed by atoms with Crippen molar-refractivity contribution in [3.63, 3.8) is 0 Å². The maximum Gasteiger partial charge on any atom is 0.191 e. The van der Waals surface area contributed by atoms with E-state index >= 15 is 0 Å². The summed E-state index contributed by atoms with van der Waals surface area (Å²) in [7, 11) is 1.79. The van der Waals surface area contributed by atoms with Crippen LogP contribution >= 0.6 is 24.0 Å². The second kappa shape index (κ2) is 14.0. The molecule has 174 valence electrons. The van der Waals surface area contributed by atoms with Crippen LogP contribution in [0.25, 0.3) is 0 Å². The molecule has 0 saturated heterocycles. The molecule has 0 saturated carbocycles. The zero-order valence-corrected chi connectivity index (χ0v) is 21.6. The number of nitrogens with one attached hydrogen (secondary N) is 2. The molecule has 3 rings (SSSR count). The molecule has 2 aromatic carbocycles. The van der Waals surface area contributed by atoms with Crippen molar-refractivity contribution < 1.29 is 9.47 Å².